The van der Waals surface area contributed by atoms with Crippen LogP contribution in [0.2, 0.25) is 5.02 Å². The zero-order valence-electron chi connectivity index (χ0n) is 10.7. The molecule has 0 aromatic heterocycles. The second-order valence-electron chi connectivity index (χ2n) is 4.92. The minimum Gasteiger partial charge on any atom is -0.394 e. The molecule has 0 heterocycles. The molecule has 1 saturated carbocycles. The van der Waals surface area contributed by atoms with Gasteiger partial charge in [0.15, 0.2) is 0 Å². The highest BCUT2D eigenvalue weighted by atomic mass is 35.5. The third-order valence-electron chi connectivity index (χ3n) is 3.30. The van der Waals surface area contributed by atoms with E-state index >= 15 is 0 Å². The van der Waals surface area contributed by atoms with Crippen molar-refractivity contribution in [2.75, 3.05) is 13.2 Å². The van der Waals surface area contributed by atoms with Crippen molar-refractivity contribution < 1.29 is 9.90 Å². The number of carbonyl (C=O) groups excluding carboxylic acids is 1. The van der Waals surface area contributed by atoms with Gasteiger partial charge in [-0.2, -0.15) is 0 Å². The number of aliphatic hydroxyl groups is 1. The molecule has 0 aliphatic heterocycles. The molecule has 1 aromatic carbocycles. The van der Waals surface area contributed by atoms with Gasteiger partial charge in [-0.05, 0) is 30.0 Å². The summed E-state index contributed by atoms with van der Waals surface area (Å²) >= 11 is 5.81. The molecule has 3 N–H and O–H groups in total. The van der Waals surface area contributed by atoms with Crippen LogP contribution in [0.5, 0.6) is 0 Å². The lowest BCUT2D eigenvalue weighted by Gasteiger charge is -2.17. The van der Waals surface area contributed by atoms with Crippen molar-refractivity contribution >= 4 is 17.6 Å². The van der Waals surface area contributed by atoms with Crippen LogP contribution in [0.15, 0.2) is 24.3 Å². The van der Waals surface area contributed by atoms with Gasteiger partial charge < -0.3 is 15.7 Å². The molecule has 0 spiro atoms. The first-order valence-electron chi connectivity index (χ1n) is 6.59. The van der Waals surface area contributed by atoms with Crippen LogP contribution in [0, 0.1) is 5.92 Å². The minimum absolute atomic E-state index is 0.141. The lowest BCUT2D eigenvalue weighted by atomic mass is 10.1. The number of rotatable bonds is 6. The van der Waals surface area contributed by atoms with Crippen LogP contribution in [0.3, 0.4) is 0 Å². The molecule has 1 unspecified atom stereocenters. The molecule has 2 amide bonds. The molecule has 2 rings (SSSR count). The average molecular weight is 283 g/mol. The van der Waals surface area contributed by atoms with Gasteiger partial charge in [-0.25, -0.2) is 4.79 Å². The van der Waals surface area contributed by atoms with E-state index in [1.54, 1.807) is 24.3 Å². The molecule has 1 aliphatic carbocycles. The van der Waals surface area contributed by atoms with Crippen LogP contribution in [0.1, 0.15) is 30.9 Å². The van der Waals surface area contributed by atoms with E-state index in [0.29, 0.717) is 11.6 Å². The van der Waals surface area contributed by atoms with Crippen molar-refractivity contribution in [3.8, 4) is 0 Å². The topological polar surface area (TPSA) is 61.4 Å². The minimum atomic E-state index is -0.404. The van der Waals surface area contributed by atoms with Crippen LogP contribution in [0.25, 0.3) is 0 Å². The Morgan fingerprint density at radius 1 is 1.37 bits per heavy atom. The molecule has 19 heavy (non-hydrogen) atoms. The van der Waals surface area contributed by atoms with Crippen molar-refractivity contribution in [2.45, 2.75) is 25.3 Å². The van der Waals surface area contributed by atoms with Gasteiger partial charge >= 0.3 is 6.03 Å². The highest BCUT2D eigenvalue weighted by Gasteiger charge is 2.21. The van der Waals surface area contributed by atoms with Gasteiger partial charge in [0.1, 0.15) is 0 Å². The van der Waals surface area contributed by atoms with Crippen LogP contribution in [-0.4, -0.2) is 24.3 Å². The van der Waals surface area contributed by atoms with Gasteiger partial charge in [-0.3, -0.25) is 0 Å². The van der Waals surface area contributed by atoms with E-state index in [-0.39, 0.29) is 12.6 Å². The molecule has 5 heteroatoms. The number of benzene rings is 1. The lowest BCUT2D eigenvalue weighted by Crippen LogP contribution is -2.39. The van der Waals surface area contributed by atoms with Crippen LogP contribution in [-0.2, 0) is 0 Å². The number of urea groups is 1. The Bertz CT molecular complexity index is 418. The molecule has 1 aromatic rings. The average Bonchev–Trinajstić information content (AvgIpc) is 3.21. The maximum absolute atomic E-state index is 11.7. The molecule has 0 bridgehead atoms. The van der Waals surface area contributed by atoms with E-state index in [0.717, 1.165) is 17.9 Å². The van der Waals surface area contributed by atoms with Gasteiger partial charge in [0.25, 0.3) is 0 Å². The van der Waals surface area contributed by atoms with Crippen LogP contribution >= 0.6 is 11.6 Å². The predicted molar refractivity (Wildman–Crippen MR) is 75.2 cm³/mol. The van der Waals surface area contributed by atoms with Gasteiger partial charge in [0, 0.05) is 11.6 Å². The maximum Gasteiger partial charge on any atom is 0.315 e. The number of halogens is 1. The monoisotopic (exact) mass is 282 g/mol. The number of amides is 2. The molecule has 0 saturated heterocycles. The Kier molecular flexibility index (Phi) is 5.05. The number of hydrogen-bond acceptors (Lipinski definition) is 2. The van der Waals surface area contributed by atoms with Crippen molar-refractivity contribution in [3.63, 3.8) is 0 Å². The Morgan fingerprint density at radius 2 is 2.05 bits per heavy atom. The van der Waals surface area contributed by atoms with Crippen molar-refractivity contribution in [2.24, 2.45) is 5.92 Å². The number of hydrogen-bond donors (Lipinski definition) is 3. The number of aliphatic hydroxyl groups excluding tert-OH is 1. The Morgan fingerprint density at radius 3 is 2.63 bits per heavy atom. The van der Waals surface area contributed by atoms with E-state index in [2.05, 4.69) is 10.6 Å². The molecular formula is C14H19ClN2O2. The smallest absolute Gasteiger partial charge is 0.315 e. The number of nitrogens with one attached hydrogen (secondary N) is 2. The van der Waals surface area contributed by atoms with Crippen molar-refractivity contribution in [1.82, 2.24) is 10.6 Å². The quantitative estimate of drug-likeness (QED) is 0.751. The van der Waals surface area contributed by atoms with Gasteiger partial charge in [0.2, 0.25) is 0 Å². The molecule has 4 nitrogen and oxygen atoms in total. The normalized spacial score (nSPS) is 15.9. The molecule has 1 aliphatic rings. The highest BCUT2D eigenvalue weighted by molar-refractivity contribution is 6.30. The molecule has 0 radical (unpaired) electrons. The fourth-order valence-corrected chi connectivity index (χ4v) is 2.06. The third-order valence-corrected chi connectivity index (χ3v) is 3.55. The maximum atomic E-state index is 11.7. The van der Waals surface area contributed by atoms with Gasteiger partial charge in [0.05, 0.1) is 12.6 Å². The summed E-state index contributed by atoms with van der Waals surface area (Å²) in [6.07, 6.45) is 3.61. The Hall–Kier alpha value is -1.26. The molecule has 104 valence electrons. The fraction of sp³-hybridized carbons (Fsp3) is 0.500. The first kappa shape index (κ1) is 14.2. The summed E-state index contributed by atoms with van der Waals surface area (Å²) in [6.45, 7) is 0.549. The molecular weight excluding hydrogens is 264 g/mol. The SMILES string of the molecule is O=C(NCCC1CC1)NC(CO)c1ccc(Cl)cc1. The third kappa shape index (κ3) is 4.73. The van der Waals surface area contributed by atoms with Gasteiger partial charge in [-0.15, -0.1) is 0 Å². The first-order chi connectivity index (χ1) is 9.19. The van der Waals surface area contributed by atoms with Crippen molar-refractivity contribution in [3.05, 3.63) is 34.9 Å². The Balaban J connectivity index is 1.79. The summed E-state index contributed by atoms with van der Waals surface area (Å²) in [6, 6.07) is 6.44. The van der Waals surface area contributed by atoms with E-state index < -0.39 is 6.04 Å². The van der Waals surface area contributed by atoms with Crippen LogP contribution in [0.4, 0.5) is 4.79 Å². The zero-order chi connectivity index (χ0) is 13.7. The summed E-state index contributed by atoms with van der Waals surface area (Å²) < 4.78 is 0. The zero-order valence-corrected chi connectivity index (χ0v) is 11.5. The van der Waals surface area contributed by atoms with E-state index in [4.69, 9.17) is 11.6 Å². The summed E-state index contributed by atoms with van der Waals surface area (Å²) in [4.78, 5) is 11.7. The van der Waals surface area contributed by atoms with E-state index in [1.165, 1.54) is 12.8 Å². The second kappa shape index (κ2) is 6.78. The summed E-state index contributed by atoms with van der Waals surface area (Å²) in [5, 5.41) is 15.5. The Labute approximate surface area is 118 Å². The second-order valence-corrected chi connectivity index (χ2v) is 5.36. The molecule has 1 fully saturated rings. The first-order valence-corrected chi connectivity index (χ1v) is 6.97. The van der Waals surface area contributed by atoms with E-state index in [9.17, 15) is 9.90 Å². The van der Waals surface area contributed by atoms with Crippen LogP contribution < -0.4 is 10.6 Å². The number of carbonyl (C=O) groups is 1. The highest BCUT2D eigenvalue weighted by Crippen LogP contribution is 2.31. The summed E-state index contributed by atoms with van der Waals surface area (Å²) in [7, 11) is 0. The predicted octanol–water partition coefficient (Wildman–Crippen LogP) is 2.47. The summed E-state index contributed by atoms with van der Waals surface area (Å²) in [5.74, 6) is 0.796. The van der Waals surface area contributed by atoms with E-state index in [1.807, 2.05) is 0 Å². The van der Waals surface area contributed by atoms with Gasteiger partial charge in [-0.1, -0.05) is 36.6 Å². The lowest BCUT2D eigenvalue weighted by molar-refractivity contribution is 0.217. The standard InChI is InChI=1S/C14H19ClN2O2/c15-12-5-3-11(4-6-12)13(9-18)17-14(19)16-8-7-10-1-2-10/h3-6,10,13,18H,1-2,7-9H2,(H2,16,17,19). The van der Waals surface area contributed by atoms with Crippen molar-refractivity contribution in [1.29, 1.82) is 0 Å². The molecule has 1 atom stereocenters. The largest absolute Gasteiger partial charge is 0.394 e. The fourth-order valence-electron chi connectivity index (χ4n) is 1.94. The summed E-state index contributed by atoms with van der Waals surface area (Å²) in [5.41, 5.74) is 0.837.